The van der Waals surface area contributed by atoms with E-state index in [1.54, 1.807) is 0 Å². The SMILES string of the molecule is C=CC(CCC(C)(C)CC)[C@H](C)S(C)(C)CC(C)CC. The van der Waals surface area contributed by atoms with E-state index in [1.165, 1.54) is 31.4 Å². The van der Waals surface area contributed by atoms with Crippen LogP contribution in [-0.2, 0) is 0 Å². The van der Waals surface area contributed by atoms with Crippen LogP contribution in [0.1, 0.15) is 67.2 Å². The first-order chi connectivity index (χ1) is 9.09. The lowest BCUT2D eigenvalue weighted by Crippen LogP contribution is -2.27. The molecule has 0 bridgehead atoms. The summed E-state index contributed by atoms with van der Waals surface area (Å²) in [6, 6.07) is 0. The van der Waals surface area contributed by atoms with Crippen LogP contribution in [0.4, 0.5) is 0 Å². The lowest BCUT2D eigenvalue weighted by molar-refractivity contribution is 0.295. The Hall–Kier alpha value is 0.0900. The highest BCUT2D eigenvalue weighted by molar-refractivity contribution is 8.33. The fourth-order valence-electron chi connectivity index (χ4n) is 2.75. The third-order valence-corrected chi connectivity index (χ3v) is 9.23. The molecule has 0 N–H and O–H groups in total. The minimum absolute atomic E-state index is 0.483. The van der Waals surface area contributed by atoms with Gasteiger partial charge in [-0.3, -0.25) is 0 Å². The third-order valence-electron chi connectivity index (χ3n) is 5.43. The molecule has 0 saturated heterocycles. The molecule has 0 aromatic carbocycles. The fraction of sp³-hybridized carbons (Fsp3) is 0.895. The van der Waals surface area contributed by atoms with Gasteiger partial charge < -0.3 is 0 Å². The van der Waals surface area contributed by atoms with Crippen LogP contribution in [0.3, 0.4) is 0 Å². The number of hydrogen-bond acceptors (Lipinski definition) is 0. The molecule has 20 heavy (non-hydrogen) atoms. The van der Waals surface area contributed by atoms with Gasteiger partial charge in [-0.05, 0) is 53.6 Å². The van der Waals surface area contributed by atoms with Crippen molar-refractivity contribution in [3.05, 3.63) is 12.7 Å². The average Bonchev–Trinajstić information content (AvgIpc) is 2.38. The van der Waals surface area contributed by atoms with E-state index in [-0.39, 0.29) is 0 Å². The van der Waals surface area contributed by atoms with Crippen LogP contribution in [0, 0.1) is 17.3 Å². The quantitative estimate of drug-likeness (QED) is 0.404. The van der Waals surface area contributed by atoms with Crippen molar-refractivity contribution in [3.8, 4) is 0 Å². The third kappa shape index (κ3) is 6.70. The maximum atomic E-state index is 4.13. The summed E-state index contributed by atoms with van der Waals surface area (Å²) in [6.45, 7) is 18.4. The van der Waals surface area contributed by atoms with E-state index < -0.39 is 10.0 Å². The summed E-state index contributed by atoms with van der Waals surface area (Å²) in [5.41, 5.74) is 0.483. The van der Waals surface area contributed by atoms with Crippen LogP contribution >= 0.6 is 10.0 Å². The highest BCUT2D eigenvalue weighted by atomic mass is 32.3. The Morgan fingerprint density at radius 3 is 2.10 bits per heavy atom. The van der Waals surface area contributed by atoms with Gasteiger partial charge in [0.15, 0.2) is 0 Å². The van der Waals surface area contributed by atoms with Crippen molar-refractivity contribution in [1.82, 2.24) is 0 Å². The molecule has 1 heteroatoms. The number of hydrogen-bond donors (Lipinski definition) is 0. The van der Waals surface area contributed by atoms with Crippen LogP contribution < -0.4 is 0 Å². The Morgan fingerprint density at radius 2 is 1.70 bits per heavy atom. The van der Waals surface area contributed by atoms with Crippen molar-refractivity contribution >= 4 is 10.0 Å². The van der Waals surface area contributed by atoms with Crippen molar-refractivity contribution in [3.63, 3.8) is 0 Å². The van der Waals surface area contributed by atoms with Gasteiger partial charge in [0.2, 0.25) is 0 Å². The Bertz CT molecular complexity index is 277. The standard InChI is InChI=1S/C19H40S/c1-10-16(4)15-20(8,9)17(5)18(11-2)13-14-19(6,7)12-3/h11,16-18H,2,10,12-15H2,1,3-9H3/t16?,17-,18?/m0/s1. The predicted molar refractivity (Wildman–Crippen MR) is 100 cm³/mol. The van der Waals surface area contributed by atoms with E-state index in [0.29, 0.717) is 11.3 Å². The van der Waals surface area contributed by atoms with E-state index in [1.807, 2.05) is 0 Å². The number of allylic oxidation sites excluding steroid dienone is 1. The summed E-state index contributed by atoms with van der Waals surface area (Å²) in [6.07, 6.45) is 12.5. The summed E-state index contributed by atoms with van der Waals surface area (Å²) in [5, 5.41) is 0.793. The molecule has 0 aliphatic carbocycles. The minimum Gasteiger partial charge on any atom is -0.243 e. The molecular formula is C19H40S. The molecule has 0 aliphatic heterocycles. The van der Waals surface area contributed by atoms with Gasteiger partial charge >= 0.3 is 0 Å². The van der Waals surface area contributed by atoms with Crippen molar-refractivity contribution < 1.29 is 0 Å². The monoisotopic (exact) mass is 300 g/mol. The van der Waals surface area contributed by atoms with E-state index in [9.17, 15) is 0 Å². The Labute approximate surface area is 131 Å². The highest BCUT2D eigenvalue weighted by Crippen LogP contribution is 2.51. The van der Waals surface area contributed by atoms with Gasteiger partial charge in [0.25, 0.3) is 0 Å². The average molecular weight is 301 g/mol. The predicted octanol–water partition coefficient (Wildman–Crippen LogP) is 6.50. The summed E-state index contributed by atoms with van der Waals surface area (Å²) in [4.78, 5) is 0. The molecule has 0 heterocycles. The van der Waals surface area contributed by atoms with Crippen LogP contribution in [-0.4, -0.2) is 23.5 Å². The van der Waals surface area contributed by atoms with Crippen molar-refractivity contribution in [2.75, 3.05) is 18.3 Å². The van der Waals surface area contributed by atoms with Gasteiger partial charge in [-0.25, -0.2) is 10.0 Å². The second-order valence-electron chi connectivity index (χ2n) is 7.96. The van der Waals surface area contributed by atoms with Crippen molar-refractivity contribution in [1.29, 1.82) is 0 Å². The van der Waals surface area contributed by atoms with E-state index in [0.717, 1.165) is 11.2 Å². The first-order valence-corrected chi connectivity index (χ1v) is 11.1. The van der Waals surface area contributed by atoms with Gasteiger partial charge in [-0.2, -0.15) is 0 Å². The van der Waals surface area contributed by atoms with Gasteiger partial charge in [-0.15, -0.1) is 6.58 Å². The molecule has 0 amide bonds. The molecule has 0 aromatic rings. The zero-order valence-corrected chi connectivity index (χ0v) is 16.3. The first-order valence-electron chi connectivity index (χ1n) is 8.42. The lowest BCUT2D eigenvalue weighted by Gasteiger charge is -2.43. The summed E-state index contributed by atoms with van der Waals surface area (Å²) >= 11 is 0. The van der Waals surface area contributed by atoms with Gasteiger partial charge in [0.05, 0.1) is 0 Å². The Kier molecular flexibility index (Phi) is 8.55. The van der Waals surface area contributed by atoms with Crippen molar-refractivity contribution in [2.24, 2.45) is 17.3 Å². The second kappa shape index (κ2) is 8.51. The van der Waals surface area contributed by atoms with Crippen molar-refractivity contribution in [2.45, 2.75) is 72.5 Å². The Balaban J connectivity index is 4.67. The van der Waals surface area contributed by atoms with Crippen LogP contribution in [0.15, 0.2) is 12.7 Å². The van der Waals surface area contributed by atoms with Gasteiger partial charge in [0, 0.05) is 0 Å². The van der Waals surface area contributed by atoms with Crippen LogP contribution in [0.25, 0.3) is 0 Å². The Morgan fingerprint density at radius 1 is 1.15 bits per heavy atom. The number of rotatable bonds is 10. The minimum atomic E-state index is -0.529. The van der Waals surface area contributed by atoms with Crippen LogP contribution in [0.5, 0.6) is 0 Å². The van der Waals surface area contributed by atoms with E-state index >= 15 is 0 Å². The zero-order valence-electron chi connectivity index (χ0n) is 15.5. The van der Waals surface area contributed by atoms with Crippen LogP contribution in [0.2, 0.25) is 0 Å². The zero-order chi connectivity index (χ0) is 16.0. The summed E-state index contributed by atoms with van der Waals surface area (Å²) in [5.74, 6) is 2.96. The van der Waals surface area contributed by atoms with Gasteiger partial charge in [0.1, 0.15) is 0 Å². The molecule has 3 atom stereocenters. The molecule has 0 nitrogen and oxygen atoms in total. The molecule has 0 aromatic heterocycles. The maximum absolute atomic E-state index is 4.13. The normalized spacial score (nSPS) is 18.4. The fourth-order valence-corrected chi connectivity index (χ4v) is 5.95. The van der Waals surface area contributed by atoms with Gasteiger partial charge in [-0.1, -0.05) is 60.5 Å². The molecule has 0 aliphatic rings. The molecule has 0 spiro atoms. The second-order valence-corrected chi connectivity index (χ2v) is 12.3. The highest BCUT2D eigenvalue weighted by Gasteiger charge is 2.29. The first kappa shape index (κ1) is 20.1. The van der Waals surface area contributed by atoms with E-state index in [2.05, 4.69) is 66.7 Å². The molecule has 122 valence electrons. The summed E-state index contributed by atoms with van der Waals surface area (Å²) < 4.78 is 0. The molecular weight excluding hydrogens is 260 g/mol. The molecule has 2 unspecified atom stereocenters. The summed E-state index contributed by atoms with van der Waals surface area (Å²) in [7, 11) is -0.529. The smallest absolute Gasteiger partial charge is 0.00821 e. The lowest BCUT2D eigenvalue weighted by atomic mass is 9.82. The topological polar surface area (TPSA) is 0 Å². The largest absolute Gasteiger partial charge is 0.243 e. The maximum Gasteiger partial charge on any atom is -0.00821 e. The molecule has 0 rings (SSSR count). The molecule has 0 fully saturated rings. The van der Waals surface area contributed by atoms with E-state index in [4.69, 9.17) is 0 Å². The molecule has 0 saturated carbocycles. The molecule has 0 radical (unpaired) electrons.